The average molecular weight is 339 g/mol. The molecule has 0 aromatic heterocycles. The van der Waals surface area contributed by atoms with Crippen molar-refractivity contribution in [3.63, 3.8) is 0 Å². The van der Waals surface area contributed by atoms with Crippen molar-refractivity contribution < 1.29 is 14.2 Å². The van der Waals surface area contributed by atoms with Gasteiger partial charge in [0.1, 0.15) is 11.6 Å². The SMILES string of the molecule is COc1ccc(Br)c(CC(O)c2ccc(F)c(C)c2)c1. The van der Waals surface area contributed by atoms with Crippen LogP contribution in [0.1, 0.15) is 22.8 Å². The van der Waals surface area contributed by atoms with Crippen molar-refractivity contribution in [2.45, 2.75) is 19.4 Å². The third kappa shape index (κ3) is 3.38. The third-order valence-electron chi connectivity index (χ3n) is 3.23. The second-order valence-corrected chi connectivity index (χ2v) is 5.54. The molecule has 0 saturated carbocycles. The van der Waals surface area contributed by atoms with Gasteiger partial charge in [0.25, 0.3) is 0 Å². The van der Waals surface area contributed by atoms with E-state index in [0.29, 0.717) is 17.5 Å². The van der Waals surface area contributed by atoms with E-state index in [9.17, 15) is 9.50 Å². The number of benzene rings is 2. The first-order chi connectivity index (χ1) is 9.51. The van der Waals surface area contributed by atoms with Gasteiger partial charge in [-0.15, -0.1) is 0 Å². The Kier molecular flexibility index (Phi) is 4.78. The van der Waals surface area contributed by atoms with Crippen molar-refractivity contribution in [3.8, 4) is 5.75 Å². The highest BCUT2D eigenvalue weighted by molar-refractivity contribution is 9.10. The highest BCUT2D eigenvalue weighted by Gasteiger charge is 2.13. The van der Waals surface area contributed by atoms with Gasteiger partial charge in [-0.2, -0.15) is 0 Å². The quantitative estimate of drug-likeness (QED) is 0.905. The van der Waals surface area contributed by atoms with Gasteiger partial charge in [-0.3, -0.25) is 0 Å². The van der Waals surface area contributed by atoms with Crippen molar-refractivity contribution >= 4 is 15.9 Å². The maximum Gasteiger partial charge on any atom is 0.126 e. The smallest absolute Gasteiger partial charge is 0.126 e. The molecule has 0 fully saturated rings. The molecular formula is C16H16BrFO2. The fourth-order valence-electron chi connectivity index (χ4n) is 2.04. The maximum atomic E-state index is 13.2. The summed E-state index contributed by atoms with van der Waals surface area (Å²) < 4.78 is 19.3. The van der Waals surface area contributed by atoms with Crippen LogP contribution in [0.5, 0.6) is 5.75 Å². The van der Waals surface area contributed by atoms with E-state index in [4.69, 9.17) is 4.74 Å². The molecule has 0 aliphatic heterocycles. The lowest BCUT2D eigenvalue weighted by Crippen LogP contribution is -2.03. The largest absolute Gasteiger partial charge is 0.497 e. The normalized spacial score (nSPS) is 12.2. The van der Waals surface area contributed by atoms with Gasteiger partial charge in [-0.25, -0.2) is 4.39 Å². The number of ether oxygens (including phenoxy) is 1. The predicted molar refractivity (Wildman–Crippen MR) is 80.5 cm³/mol. The molecule has 0 aliphatic rings. The number of aliphatic hydroxyl groups excluding tert-OH is 1. The molecule has 0 heterocycles. The standard InChI is InChI=1S/C16H16BrFO2/c1-10-7-11(3-6-15(10)18)16(19)9-12-8-13(20-2)4-5-14(12)17/h3-8,16,19H,9H2,1-2H3. The van der Waals surface area contributed by atoms with Gasteiger partial charge in [0.2, 0.25) is 0 Å². The van der Waals surface area contributed by atoms with Crippen LogP contribution in [0.25, 0.3) is 0 Å². The fourth-order valence-corrected chi connectivity index (χ4v) is 2.44. The van der Waals surface area contributed by atoms with Crippen LogP contribution < -0.4 is 4.74 Å². The highest BCUT2D eigenvalue weighted by Crippen LogP contribution is 2.28. The number of aryl methyl sites for hydroxylation is 1. The Bertz CT molecular complexity index is 613. The number of hydrogen-bond donors (Lipinski definition) is 1. The molecule has 2 nitrogen and oxygen atoms in total. The molecule has 0 saturated heterocycles. The topological polar surface area (TPSA) is 29.5 Å². The Morgan fingerprint density at radius 3 is 2.65 bits per heavy atom. The van der Waals surface area contributed by atoms with Gasteiger partial charge in [0, 0.05) is 10.9 Å². The molecule has 20 heavy (non-hydrogen) atoms. The van der Waals surface area contributed by atoms with E-state index < -0.39 is 6.10 Å². The molecule has 1 N–H and O–H groups in total. The van der Waals surface area contributed by atoms with Crippen molar-refractivity contribution in [2.75, 3.05) is 7.11 Å². The molecule has 0 bridgehead atoms. The summed E-state index contributed by atoms with van der Waals surface area (Å²) >= 11 is 3.46. The molecule has 0 aliphatic carbocycles. The van der Waals surface area contributed by atoms with Gasteiger partial charge < -0.3 is 9.84 Å². The van der Waals surface area contributed by atoms with Crippen LogP contribution in [-0.2, 0) is 6.42 Å². The van der Waals surface area contributed by atoms with Crippen molar-refractivity contribution in [2.24, 2.45) is 0 Å². The predicted octanol–water partition coefficient (Wildman–Crippen LogP) is 4.18. The lowest BCUT2D eigenvalue weighted by atomic mass is 10.00. The minimum atomic E-state index is -0.683. The van der Waals surface area contributed by atoms with Crippen molar-refractivity contribution in [1.29, 1.82) is 0 Å². The molecule has 2 rings (SSSR count). The molecule has 1 unspecified atom stereocenters. The van der Waals surface area contributed by atoms with Crippen LogP contribution >= 0.6 is 15.9 Å². The van der Waals surface area contributed by atoms with Crippen molar-refractivity contribution in [1.82, 2.24) is 0 Å². The van der Waals surface area contributed by atoms with Gasteiger partial charge in [0.15, 0.2) is 0 Å². The zero-order chi connectivity index (χ0) is 14.7. The Labute approximate surface area is 126 Å². The number of rotatable bonds is 4. The molecule has 0 radical (unpaired) electrons. The van der Waals surface area contributed by atoms with Crippen molar-refractivity contribution in [3.05, 3.63) is 63.4 Å². The van der Waals surface area contributed by atoms with Gasteiger partial charge in [0.05, 0.1) is 13.2 Å². The van der Waals surface area contributed by atoms with Crippen LogP contribution in [0.3, 0.4) is 0 Å². The summed E-state index contributed by atoms with van der Waals surface area (Å²) in [6.07, 6.45) is -0.249. The maximum absolute atomic E-state index is 13.2. The molecule has 0 amide bonds. The second-order valence-electron chi connectivity index (χ2n) is 4.69. The van der Waals surface area contributed by atoms with E-state index in [1.54, 1.807) is 26.2 Å². The van der Waals surface area contributed by atoms with E-state index in [2.05, 4.69) is 15.9 Å². The zero-order valence-corrected chi connectivity index (χ0v) is 12.9. The lowest BCUT2D eigenvalue weighted by molar-refractivity contribution is 0.178. The molecular weight excluding hydrogens is 323 g/mol. The molecule has 106 valence electrons. The Morgan fingerprint density at radius 1 is 1.25 bits per heavy atom. The first kappa shape index (κ1) is 15.0. The first-order valence-electron chi connectivity index (χ1n) is 6.28. The number of hydrogen-bond acceptors (Lipinski definition) is 2. The Balaban J connectivity index is 2.22. The molecule has 4 heteroatoms. The monoisotopic (exact) mass is 338 g/mol. The van der Waals surface area contributed by atoms with E-state index in [-0.39, 0.29) is 5.82 Å². The summed E-state index contributed by atoms with van der Waals surface area (Å²) in [5.41, 5.74) is 2.18. The summed E-state index contributed by atoms with van der Waals surface area (Å²) in [5, 5.41) is 10.3. The highest BCUT2D eigenvalue weighted by atomic mass is 79.9. The fraction of sp³-hybridized carbons (Fsp3) is 0.250. The minimum Gasteiger partial charge on any atom is -0.497 e. The van der Waals surface area contributed by atoms with Crippen LogP contribution in [0.4, 0.5) is 4.39 Å². The van der Waals surface area contributed by atoms with Gasteiger partial charge >= 0.3 is 0 Å². The second kappa shape index (κ2) is 6.37. The summed E-state index contributed by atoms with van der Waals surface area (Å²) in [4.78, 5) is 0. The summed E-state index contributed by atoms with van der Waals surface area (Å²) in [6, 6.07) is 10.3. The molecule has 2 aromatic carbocycles. The van der Waals surface area contributed by atoms with E-state index in [1.165, 1.54) is 6.07 Å². The Hall–Kier alpha value is -1.39. The van der Waals surface area contributed by atoms with Crippen LogP contribution in [0, 0.1) is 12.7 Å². The molecule has 0 spiro atoms. The average Bonchev–Trinajstić information content (AvgIpc) is 2.44. The lowest BCUT2D eigenvalue weighted by Gasteiger charge is -2.14. The molecule has 2 aromatic rings. The third-order valence-corrected chi connectivity index (χ3v) is 4.01. The summed E-state index contributed by atoms with van der Waals surface area (Å²) in [5.74, 6) is 0.481. The number of aliphatic hydroxyl groups is 1. The van der Waals surface area contributed by atoms with E-state index >= 15 is 0 Å². The van der Waals surface area contributed by atoms with Gasteiger partial charge in [-0.05, 0) is 47.9 Å². The number of methoxy groups -OCH3 is 1. The van der Waals surface area contributed by atoms with Crippen LogP contribution in [0.15, 0.2) is 40.9 Å². The van der Waals surface area contributed by atoms with Crippen LogP contribution in [-0.4, -0.2) is 12.2 Å². The number of halogens is 2. The van der Waals surface area contributed by atoms with E-state index in [1.807, 2.05) is 18.2 Å². The van der Waals surface area contributed by atoms with E-state index in [0.717, 1.165) is 15.8 Å². The van der Waals surface area contributed by atoms with Crippen LogP contribution in [0.2, 0.25) is 0 Å². The summed E-state index contributed by atoms with van der Waals surface area (Å²) in [6.45, 7) is 1.69. The minimum absolute atomic E-state index is 0.261. The Morgan fingerprint density at radius 2 is 2.00 bits per heavy atom. The zero-order valence-electron chi connectivity index (χ0n) is 11.4. The van der Waals surface area contributed by atoms with Gasteiger partial charge in [-0.1, -0.05) is 28.1 Å². The summed E-state index contributed by atoms with van der Waals surface area (Å²) in [7, 11) is 1.60. The first-order valence-corrected chi connectivity index (χ1v) is 7.07. The molecule has 1 atom stereocenters.